The van der Waals surface area contributed by atoms with Crippen LogP contribution in [0.5, 0.6) is 0 Å². The zero-order chi connectivity index (χ0) is 8.81. The van der Waals surface area contributed by atoms with E-state index in [1.165, 1.54) is 0 Å². The second-order valence-corrected chi connectivity index (χ2v) is 2.52. The van der Waals surface area contributed by atoms with Crippen molar-refractivity contribution in [2.45, 2.75) is 12.4 Å². The van der Waals surface area contributed by atoms with E-state index in [2.05, 4.69) is 13.2 Å². The van der Waals surface area contributed by atoms with Crippen molar-refractivity contribution in [2.75, 3.05) is 19.8 Å². The zero-order valence-corrected chi connectivity index (χ0v) is 7.07. The van der Waals surface area contributed by atoms with E-state index in [1.54, 1.807) is 12.2 Å². The fraction of sp³-hybridized carbons (Fsp3) is 0.556. The molecule has 0 radical (unpaired) electrons. The number of ether oxygens (including phenoxy) is 3. The van der Waals surface area contributed by atoms with Crippen LogP contribution in [-0.2, 0) is 14.2 Å². The van der Waals surface area contributed by atoms with Crippen LogP contribution in [0.4, 0.5) is 0 Å². The summed E-state index contributed by atoms with van der Waals surface area (Å²) in [4.78, 5) is 0. The lowest BCUT2D eigenvalue weighted by Crippen LogP contribution is -2.18. The van der Waals surface area contributed by atoms with Gasteiger partial charge in [0.25, 0.3) is 0 Å². The van der Waals surface area contributed by atoms with Gasteiger partial charge in [0.15, 0.2) is 6.29 Å². The smallest absolute Gasteiger partial charge is 0.177 e. The SMILES string of the molecule is C=CCOCC1COC(C=C)O1. The highest BCUT2D eigenvalue weighted by Crippen LogP contribution is 2.11. The van der Waals surface area contributed by atoms with Crippen molar-refractivity contribution in [3.8, 4) is 0 Å². The van der Waals surface area contributed by atoms with Crippen molar-refractivity contribution in [2.24, 2.45) is 0 Å². The van der Waals surface area contributed by atoms with Crippen LogP contribution in [0.1, 0.15) is 0 Å². The Morgan fingerprint density at radius 1 is 1.50 bits per heavy atom. The fourth-order valence-corrected chi connectivity index (χ4v) is 0.964. The molecule has 12 heavy (non-hydrogen) atoms. The van der Waals surface area contributed by atoms with Gasteiger partial charge in [-0.05, 0) is 6.08 Å². The second kappa shape index (κ2) is 5.09. The van der Waals surface area contributed by atoms with Crippen molar-refractivity contribution in [3.05, 3.63) is 25.3 Å². The van der Waals surface area contributed by atoms with Gasteiger partial charge in [-0.3, -0.25) is 0 Å². The topological polar surface area (TPSA) is 27.7 Å². The van der Waals surface area contributed by atoms with Crippen molar-refractivity contribution in [1.29, 1.82) is 0 Å². The first-order valence-electron chi connectivity index (χ1n) is 3.95. The van der Waals surface area contributed by atoms with Gasteiger partial charge in [-0.2, -0.15) is 0 Å². The van der Waals surface area contributed by atoms with Crippen LogP contribution < -0.4 is 0 Å². The largest absolute Gasteiger partial charge is 0.375 e. The van der Waals surface area contributed by atoms with E-state index in [1.807, 2.05) is 0 Å². The Labute approximate surface area is 72.6 Å². The molecule has 1 aliphatic rings. The number of hydrogen-bond donors (Lipinski definition) is 0. The minimum atomic E-state index is -0.262. The van der Waals surface area contributed by atoms with Crippen LogP contribution in [0.3, 0.4) is 0 Å². The maximum Gasteiger partial charge on any atom is 0.177 e. The molecule has 0 saturated carbocycles. The first-order chi connectivity index (χ1) is 5.86. The summed E-state index contributed by atoms with van der Waals surface area (Å²) in [6.07, 6.45) is 3.11. The molecule has 0 aliphatic carbocycles. The predicted octanol–water partition coefficient (Wildman–Crippen LogP) is 1.12. The van der Waals surface area contributed by atoms with Gasteiger partial charge in [0, 0.05) is 0 Å². The number of hydrogen-bond acceptors (Lipinski definition) is 3. The monoisotopic (exact) mass is 170 g/mol. The summed E-state index contributed by atoms with van der Waals surface area (Å²) < 4.78 is 15.8. The van der Waals surface area contributed by atoms with Crippen LogP contribution in [0.2, 0.25) is 0 Å². The summed E-state index contributed by atoms with van der Waals surface area (Å²) in [6.45, 7) is 8.79. The van der Waals surface area contributed by atoms with Crippen LogP contribution in [-0.4, -0.2) is 32.2 Å². The summed E-state index contributed by atoms with van der Waals surface area (Å²) in [5, 5.41) is 0. The number of rotatable bonds is 5. The molecule has 0 aromatic carbocycles. The molecule has 3 heteroatoms. The first kappa shape index (κ1) is 9.45. The lowest BCUT2D eigenvalue weighted by atomic mass is 10.4. The van der Waals surface area contributed by atoms with E-state index >= 15 is 0 Å². The molecule has 1 fully saturated rings. The summed E-state index contributed by atoms with van der Waals surface area (Å²) in [5.74, 6) is 0. The van der Waals surface area contributed by atoms with Crippen LogP contribution in [0.25, 0.3) is 0 Å². The lowest BCUT2D eigenvalue weighted by Gasteiger charge is -2.07. The van der Waals surface area contributed by atoms with Gasteiger partial charge in [0.1, 0.15) is 6.10 Å². The molecule has 0 amide bonds. The fourth-order valence-electron chi connectivity index (χ4n) is 0.964. The second-order valence-electron chi connectivity index (χ2n) is 2.52. The van der Waals surface area contributed by atoms with E-state index in [4.69, 9.17) is 14.2 Å². The van der Waals surface area contributed by atoms with E-state index < -0.39 is 0 Å². The molecule has 2 unspecified atom stereocenters. The Kier molecular flexibility index (Phi) is 4.00. The zero-order valence-electron chi connectivity index (χ0n) is 7.07. The van der Waals surface area contributed by atoms with Gasteiger partial charge in [0.2, 0.25) is 0 Å². The normalized spacial score (nSPS) is 28.7. The molecular weight excluding hydrogens is 156 g/mol. The molecule has 0 spiro atoms. The Balaban J connectivity index is 2.10. The molecule has 0 aromatic heterocycles. The maximum absolute atomic E-state index is 5.36. The standard InChI is InChI=1S/C9H14O3/c1-3-5-10-6-8-7-11-9(4-2)12-8/h3-4,8-9H,1-2,5-7H2. The van der Waals surface area contributed by atoms with Gasteiger partial charge in [-0.25, -0.2) is 0 Å². The molecule has 0 aromatic rings. The van der Waals surface area contributed by atoms with Crippen LogP contribution in [0.15, 0.2) is 25.3 Å². The summed E-state index contributed by atoms with van der Waals surface area (Å²) in [7, 11) is 0. The van der Waals surface area contributed by atoms with E-state index in [9.17, 15) is 0 Å². The average Bonchev–Trinajstić information content (AvgIpc) is 2.53. The van der Waals surface area contributed by atoms with Gasteiger partial charge >= 0.3 is 0 Å². The third-order valence-corrected chi connectivity index (χ3v) is 1.50. The molecule has 0 N–H and O–H groups in total. The van der Waals surface area contributed by atoms with Gasteiger partial charge in [-0.1, -0.05) is 12.7 Å². The van der Waals surface area contributed by atoms with Crippen molar-refractivity contribution < 1.29 is 14.2 Å². The molecule has 1 heterocycles. The molecular formula is C9H14O3. The van der Waals surface area contributed by atoms with Crippen LogP contribution in [0, 0.1) is 0 Å². The molecule has 1 rings (SSSR count). The maximum atomic E-state index is 5.36. The summed E-state index contributed by atoms with van der Waals surface area (Å²) >= 11 is 0. The predicted molar refractivity (Wildman–Crippen MR) is 45.8 cm³/mol. The van der Waals surface area contributed by atoms with Gasteiger partial charge in [0.05, 0.1) is 19.8 Å². The minimum Gasteiger partial charge on any atom is -0.375 e. The van der Waals surface area contributed by atoms with Crippen LogP contribution >= 0.6 is 0 Å². The van der Waals surface area contributed by atoms with Gasteiger partial charge in [-0.15, -0.1) is 6.58 Å². The van der Waals surface area contributed by atoms with Crippen molar-refractivity contribution in [3.63, 3.8) is 0 Å². The van der Waals surface area contributed by atoms with Gasteiger partial charge < -0.3 is 14.2 Å². The van der Waals surface area contributed by atoms with E-state index in [-0.39, 0.29) is 12.4 Å². The molecule has 68 valence electrons. The molecule has 1 aliphatic heterocycles. The minimum absolute atomic E-state index is 0.0351. The van der Waals surface area contributed by atoms with Crippen molar-refractivity contribution >= 4 is 0 Å². The molecule has 3 nitrogen and oxygen atoms in total. The highest BCUT2D eigenvalue weighted by atomic mass is 16.7. The Morgan fingerprint density at radius 3 is 2.92 bits per heavy atom. The third-order valence-electron chi connectivity index (χ3n) is 1.50. The Bertz CT molecular complexity index is 156. The Hall–Kier alpha value is -0.640. The molecule has 0 bridgehead atoms. The quantitative estimate of drug-likeness (QED) is 0.457. The van der Waals surface area contributed by atoms with E-state index in [0.717, 1.165) is 0 Å². The summed E-state index contributed by atoms with van der Waals surface area (Å²) in [5.41, 5.74) is 0. The Morgan fingerprint density at radius 2 is 2.33 bits per heavy atom. The van der Waals surface area contributed by atoms with Crippen molar-refractivity contribution in [1.82, 2.24) is 0 Å². The lowest BCUT2D eigenvalue weighted by molar-refractivity contribution is -0.0371. The highest BCUT2D eigenvalue weighted by Gasteiger charge is 2.23. The molecule has 1 saturated heterocycles. The van der Waals surface area contributed by atoms with E-state index in [0.29, 0.717) is 19.8 Å². The summed E-state index contributed by atoms with van der Waals surface area (Å²) in [6, 6.07) is 0. The first-order valence-corrected chi connectivity index (χ1v) is 3.95. The molecule has 2 atom stereocenters. The average molecular weight is 170 g/mol. The third kappa shape index (κ3) is 2.77. The highest BCUT2D eigenvalue weighted by molar-refractivity contribution is 4.78.